The first-order valence-electron chi connectivity index (χ1n) is 12.1. The molecule has 172 valence electrons. The number of alkyl halides is 1. The van der Waals surface area contributed by atoms with E-state index in [9.17, 15) is 15.3 Å². The lowest BCUT2D eigenvalue weighted by molar-refractivity contribution is 0.0596. The van der Waals surface area contributed by atoms with E-state index in [4.69, 9.17) is 0 Å². The summed E-state index contributed by atoms with van der Waals surface area (Å²) in [4.78, 5) is -0.214. The number of fused-ring (bicyclic) bond motifs is 1. The summed E-state index contributed by atoms with van der Waals surface area (Å²) in [5.74, 6) is 2.15. The second kappa shape index (κ2) is 9.77. The highest BCUT2D eigenvalue weighted by molar-refractivity contribution is 9.09. The molecule has 3 aliphatic carbocycles. The predicted molar refractivity (Wildman–Crippen MR) is 128 cm³/mol. The van der Waals surface area contributed by atoms with Gasteiger partial charge in [0.25, 0.3) is 0 Å². The molecule has 0 aliphatic heterocycles. The van der Waals surface area contributed by atoms with Crippen molar-refractivity contribution >= 4 is 15.9 Å². The van der Waals surface area contributed by atoms with Gasteiger partial charge in [-0.15, -0.1) is 0 Å². The van der Waals surface area contributed by atoms with Crippen LogP contribution >= 0.6 is 15.9 Å². The summed E-state index contributed by atoms with van der Waals surface area (Å²) in [5.41, 5.74) is 2.60. The van der Waals surface area contributed by atoms with Crippen LogP contribution in [0.15, 0.2) is 23.3 Å². The zero-order chi connectivity index (χ0) is 22.1. The zero-order valence-corrected chi connectivity index (χ0v) is 21.0. The molecule has 0 radical (unpaired) electrons. The van der Waals surface area contributed by atoms with Crippen molar-refractivity contribution in [3.05, 3.63) is 23.3 Å². The van der Waals surface area contributed by atoms with Crippen molar-refractivity contribution in [1.29, 1.82) is 0 Å². The lowest BCUT2D eigenvalue weighted by atomic mass is 9.60. The van der Waals surface area contributed by atoms with E-state index < -0.39 is 17.8 Å². The third kappa shape index (κ3) is 5.60. The molecule has 0 aromatic rings. The van der Waals surface area contributed by atoms with Gasteiger partial charge in [-0.2, -0.15) is 0 Å². The zero-order valence-electron chi connectivity index (χ0n) is 19.4. The number of allylic oxidation sites excluding steroid dienone is 3. The van der Waals surface area contributed by atoms with E-state index >= 15 is 0 Å². The Kier molecular flexibility index (Phi) is 7.97. The van der Waals surface area contributed by atoms with Crippen LogP contribution in [0.5, 0.6) is 0 Å². The summed E-state index contributed by atoms with van der Waals surface area (Å²) < 4.78 is 0. The number of rotatable bonds is 6. The molecular weight excluding hydrogens is 440 g/mol. The molecule has 3 N–H and O–H groups in total. The van der Waals surface area contributed by atoms with Gasteiger partial charge < -0.3 is 15.3 Å². The number of aliphatic hydroxyl groups is 3. The van der Waals surface area contributed by atoms with E-state index in [1.54, 1.807) is 5.57 Å². The van der Waals surface area contributed by atoms with Gasteiger partial charge in [0, 0.05) is 0 Å². The van der Waals surface area contributed by atoms with Gasteiger partial charge >= 0.3 is 0 Å². The molecule has 3 fully saturated rings. The Labute approximate surface area is 192 Å². The molecule has 0 bridgehead atoms. The number of aliphatic hydroxyl groups excluding tert-OH is 2. The topological polar surface area (TPSA) is 60.7 Å². The smallest absolute Gasteiger partial charge is 0.0727 e. The van der Waals surface area contributed by atoms with Crippen LogP contribution in [0, 0.1) is 23.2 Å². The molecule has 0 saturated heterocycles. The van der Waals surface area contributed by atoms with Crippen molar-refractivity contribution in [3.8, 4) is 0 Å². The molecule has 0 aromatic heterocycles. The summed E-state index contributed by atoms with van der Waals surface area (Å²) in [7, 11) is 0. The first-order valence-corrected chi connectivity index (χ1v) is 13.0. The summed E-state index contributed by atoms with van der Waals surface area (Å²) in [6, 6.07) is 0. The highest BCUT2D eigenvalue weighted by atomic mass is 79.9. The SMILES string of the molecule is C[C@H](CCCC(C)(C)O)[C@H]1CC[C@H]2/C(=C/C=C3C[C@@H](O)C(Br)[C@H](O)C3)CCC[C@]12C. The predicted octanol–water partition coefficient (Wildman–Crippen LogP) is 5.91. The summed E-state index contributed by atoms with van der Waals surface area (Å²) in [5, 5.41) is 30.4. The molecule has 6 atom stereocenters. The van der Waals surface area contributed by atoms with Crippen molar-refractivity contribution in [1.82, 2.24) is 0 Å². The first-order chi connectivity index (χ1) is 14.0. The summed E-state index contributed by atoms with van der Waals surface area (Å²) >= 11 is 3.41. The van der Waals surface area contributed by atoms with Crippen LogP contribution in [0.25, 0.3) is 0 Å². The van der Waals surface area contributed by atoms with Gasteiger partial charge in [-0.05, 0) is 88.4 Å². The maximum Gasteiger partial charge on any atom is 0.0727 e. The Balaban J connectivity index is 1.67. The van der Waals surface area contributed by atoms with Gasteiger partial charge in [0.2, 0.25) is 0 Å². The van der Waals surface area contributed by atoms with Crippen LogP contribution in [0.4, 0.5) is 0 Å². The fraction of sp³-hybridized carbons (Fsp3) is 0.846. The highest BCUT2D eigenvalue weighted by Crippen LogP contribution is 2.60. The number of hydrogen-bond acceptors (Lipinski definition) is 3. The average Bonchev–Trinajstić information content (AvgIpc) is 3.00. The Morgan fingerprint density at radius 2 is 1.83 bits per heavy atom. The maximum absolute atomic E-state index is 10.2. The van der Waals surface area contributed by atoms with Crippen molar-refractivity contribution in [3.63, 3.8) is 0 Å². The van der Waals surface area contributed by atoms with Crippen molar-refractivity contribution < 1.29 is 15.3 Å². The molecular formula is C26H43BrO3. The molecule has 4 heteroatoms. The fourth-order valence-electron chi connectivity index (χ4n) is 6.74. The van der Waals surface area contributed by atoms with Gasteiger partial charge in [0.05, 0.1) is 22.6 Å². The molecule has 3 saturated carbocycles. The molecule has 3 aliphatic rings. The van der Waals surface area contributed by atoms with Gasteiger partial charge in [0.1, 0.15) is 0 Å². The molecule has 0 unspecified atom stereocenters. The van der Waals surface area contributed by atoms with Crippen LogP contribution in [0.3, 0.4) is 0 Å². The minimum absolute atomic E-state index is 0.214. The van der Waals surface area contributed by atoms with Gasteiger partial charge in [-0.3, -0.25) is 0 Å². The average molecular weight is 484 g/mol. The molecule has 0 spiro atoms. The highest BCUT2D eigenvalue weighted by Gasteiger charge is 2.50. The van der Waals surface area contributed by atoms with E-state index in [0.29, 0.717) is 30.1 Å². The fourth-order valence-corrected chi connectivity index (χ4v) is 7.11. The summed E-state index contributed by atoms with van der Waals surface area (Å²) in [6.45, 7) is 8.80. The Morgan fingerprint density at radius 1 is 1.17 bits per heavy atom. The maximum atomic E-state index is 10.2. The minimum atomic E-state index is -0.550. The van der Waals surface area contributed by atoms with E-state index in [2.05, 4.69) is 41.9 Å². The third-order valence-corrected chi connectivity index (χ3v) is 9.60. The molecule has 0 aromatic carbocycles. The van der Waals surface area contributed by atoms with Crippen molar-refractivity contribution in [2.45, 2.75) is 115 Å². The van der Waals surface area contributed by atoms with E-state index in [1.165, 1.54) is 44.1 Å². The molecule has 30 heavy (non-hydrogen) atoms. The van der Waals surface area contributed by atoms with Crippen LogP contribution in [-0.2, 0) is 0 Å². The molecule has 3 nitrogen and oxygen atoms in total. The van der Waals surface area contributed by atoms with Crippen LogP contribution in [0.1, 0.15) is 91.9 Å². The lowest BCUT2D eigenvalue weighted by Gasteiger charge is -2.44. The van der Waals surface area contributed by atoms with Crippen LogP contribution in [0.2, 0.25) is 0 Å². The van der Waals surface area contributed by atoms with E-state index in [0.717, 1.165) is 18.8 Å². The standard InChI is InChI=1S/C26H43BrO3/c1-17(7-5-13-25(2,3)30)20-11-12-21-19(8-6-14-26(20,21)4)10-9-18-15-22(28)24(27)23(29)16-18/h9-10,17,20-24,28-30H,5-8,11-16H2,1-4H3/b18-9?,19-10+/t17-,20-,21+,22-,23-,24?,26-/m1/s1. The third-order valence-electron chi connectivity index (χ3n) is 8.38. The monoisotopic (exact) mass is 482 g/mol. The van der Waals surface area contributed by atoms with Crippen molar-refractivity contribution in [2.24, 2.45) is 23.2 Å². The number of halogens is 1. The molecule has 0 amide bonds. The van der Waals surface area contributed by atoms with Gasteiger partial charge in [-0.25, -0.2) is 0 Å². The Morgan fingerprint density at radius 3 is 2.47 bits per heavy atom. The lowest BCUT2D eigenvalue weighted by Crippen LogP contribution is -2.37. The van der Waals surface area contributed by atoms with Crippen LogP contribution in [-0.4, -0.2) is 38.0 Å². The minimum Gasteiger partial charge on any atom is -0.392 e. The van der Waals surface area contributed by atoms with E-state index in [-0.39, 0.29) is 4.83 Å². The molecule has 0 heterocycles. The second-order valence-electron chi connectivity index (χ2n) is 11.3. The Bertz CT molecular complexity index is 635. The normalized spacial score (nSPS) is 39.8. The molecule has 3 rings (SSSR count). The Hall–Kier alpha value is -0.160. The largest absolute Gasteiger partial charge is 0.392 e. The first kappa shape index (κ1) is 24.5. The number of hydrogen-bond donors (Lipinski definition) is 3. The quantitative estimate of drug-likeness (QED) is 0.412. The van der Waals surface area contributed by atoms with Crippen LogP contribution < -0.4 is 0 Å². The van der Waals surface area contributed by atoms with E-state index in [1.807, 2.05) is 13.8 Å². The second-order valence-corrected chi connectivity index (χ2v) is 12.4. The van der Waals surface area contributed by atoms with Gasteiger partial charge in [-0.1, -0.05) is 65.9 Å². The van der Waals surface area contributed by atoms with Gasteiger partial charge in [0.15, 0.2) is 0 Å². The van der Waals surface area contributed by atoms with Crippen molar-refractivity contribution in [2.75, 3.05) is 0 Å². The summed E-state index contributed by atoms with van der Waals surface area (Å²) in [6.07, 6.45) is 14.4.